The highest BCUT2D eigenvalue weighted by molar-refractivity contribution is 7.08. The van der Waals surface area contributed by atoms with Gasteiger partial charge >= 0.3 is 0 Å². The van der Waals surface area contributed by atoms with E-state index in [1.165, 1.54) is 5.56 Å². The molecule has 5 heteroatoms. The molecule has 0 atom stereocenters. The molecule has 0 radical (unpaired) electrons. The lowest BCUT2D eigenvalue weighted by molar-refractivity contribution is 0.103. The van der Waals surface area contributed by atoms with Crippen LogP contribution in [0.2, 0.25) is 0 Å². The number of amides is 1. The highest BCUT2D eigenvalue weighted by Crippen LogP contribution is 2.25. The minimum absolute atomic E-state index is 0.182. The first-order chi connectivity index (χ1) is 11.0. The lowest BCUT2D eigenvalue weighted by atomic mass is 10.1. The summed E-state index contributed by atoms with van der Waals surface area (Å²) in [4.78, 5) is 13.1. The molecule has 0 aliphatic rings. The lowest BCUT2D eigenvalue weighted by Gasteiger charge is -2.07. The third-order valence-electron chi connectivity index (χ3n) is 3.78. The zero-order valence-corrected chi connectivity index (χ0v) is 14.1. The molecule has 0 saturated heterocycles. The first-order valence-electron chi connectivity index (χ1n) is 7.32. The van der Waals surface area contributed by atoms with E-state index in [1.54, 1.807) is 0 Å². The van der Waals surface area contributed by atoms with Gasteiger partial charge in [0.2, 0.25) is 0 Å². The zero-order chi connectivity index (χ0) is 16.4. The van der Waals surface area contributed by atoms with Crippen LogP contribution in [0.3, 0.4) is 0 Å². The van der Waals surface area contributed by atoms with E-state index in [4.69, 9.17) is 0 Å². The second kappa shape index (κ2) is 6.30. The molecular weight excluding hydrogens is 306 g/mol. The molecule has 1 N–H and O–H groups in total. The van der Waals surface area contributed by atoms with E-state index >= 15 is 0 Å². The molecule has 0 aliphatic carbocycles. The van der Waals surface area contributed by atoms with Crippen molar-refractivity contribution < 1.29 is 4.79 Å². The van der Waals surface area contributed by atoms with E-state index in [0.29, 0.717) is 10.6 Å². The van der Waals surface area contributed by atoms with E-state index in [2.05, 4.69) is 14.9 Å². The van der Waals surface area contributed by atoms with Crippen molar-refractivity contribution in [3.63, 3.8) is 0 Å². The summed E-state index contributed by atoms with van der Waals surface area (Å²) in [5.41, 5.74) is 5.80. The Morgan fingerprint density at radius 2 is 1.74 bits per heavy atom. The van der Waals surface area contributed by atoms with Gasteiger partial charge in [-0.3, -0.25) is 4.79 Å². The smallest absolute Gasteiger partial charge is 0.269 e. The molecule has 0 bridgehead atoms. The number of hydrogen-bond acceptors (Lipinski definition) is 4. The van der Waals surface area contributed by atoms with Crippen molar-refractivity contribution in [3.8, 4) is 11.3 Å². The van der Waals surface area contributed by atoms with Crippen molar-refractivity contribution in [3.05, 3.63) is 64.0 Å². The van der Waals surface area contributed by atoms with Crippen LogP contribution in [0.15, 0.2) is 42.5 Å². The molecule has 1 heterocycles. The Kier molecular flexibility index (Phi) is 4.21. The molecule has 23 heavy (non-hydrogen) atoms. The summed E-state index contributed by atoms with van der Waals surface area (Å²) in [5, 5.41) is 7.04. The highest BCUT2D eigenvalue weighted by Gasteiger charge is 2.18. The first kappa shape index (κ1) is 15.4. The number of carbonyl (C=O) groups excluding carboxylic acids is 1. The molecule has 2 aromatic carbocycles. The second-order valence-electron chi connectivity index (χ2n) is 5.57. The maximum atomic E-state index is 12.6. The lowest BCUT2D eigenvalue weighted by Crippen LogP contribution is -2.11. The van der Waals surface area contributed by atoms with Crippen LogP contribution >= 0.6 is 11.5 Å². The fraction of sp³-hybridized carbons (Fsp3) is 0.167. The third-order valence-corrected chi connectivity index (χ3v) is 4.51. The van der Waals surface area contributed by atoms with Crippen LogP contribution in [0.4, 0.5) is 5.69 Å². The van der Waals surface area contributed by atoms with Crippen LogP contribution in [0.5, 0.6) is 0 Å². The van der Waals surface area contributed by atoms with Crippen molar-refractivity contribution in [2.24, 2.45) is 0 Å². The average molecular weight is 323 g/mol. The Morgan fingerprint density at radius 1 is 1.00 bits per heavy atom. The molecule has 1 aromatic heterocycles. The average Bonchev–Trinajstić information content (AvgIpc) is 3.01. The summed E-state index contributed by atoms with van der Waals surface area (Å²) < 4.78 is 3.95. The fourth-order valence-electron chi connectivity index (χ4n) is 2.25. The van der Waals surface area contributed by atoms with E-state index < -0.39 is 0 Å². The van der Waals surface area contributed by atoms with E-state index in [0.717, 1.165) is 33.9 Å². The van der Waals surface area contributed by atoms with Gasteiger partial charge in [-0.2, -0.15) is 0 Å². The van der Waals surface area contributed by atoms with Gasteiger partial charge in [0.25, 0.3) is 5.91 Å². The summed E-state index contributed by atoms with van der Waals surface area (Å²) in [7, 11) is 0. The standard InChI is InChI=1S/C18H17N3OS/c1-11-4-7-14(8-5-11)16-17(23-21-20-16)18(22)19-15-9-6-12(2)13(3)10-15/h4-10H,1-3H3,(H,19,22). The molecule has 0 saturated carbocycles. The van der Waals surface area contributed by atoms with Crippen molar-refractivity contribution >= 4 is 23.1 Å². The molecule has 3 aromatic rings. The van der Waals surface area contributed by atoms with E-state index in [9.17, 15) is 4.79 Å². The van der Waals surface area contributed by atoms with Crippen LogP contribution in [0.1, 0.15) is 26.4 Å². The Hall–Kier alpha value is -2.53. The summed E-state index contributed by atoms with van der Waals surface area (Å²) in [5.74, 6) is -0.182. The van der Waals surface area contributed by atoms with Gasteiger partial charge in [0.1, 0.15) is 10.6 Å². The van der Waals surface area contributed by atoms with Crippen LogP contribution < -0.4 is 5.32 Å². The number of hydrogen-bond donors (Lipinski definition) is 1. The fourth-order valence-corrected chi connectivity index (χ4v) is 2.83. The number of nitrogens with one attached hydrogen (secondary N) is 1. The molecule has 0 aliphatic heterocycles. The number of anilines is 1. The van der Waals surface area contributed by atoms with Crippen LogP contribution in [-0.2, 0) is 0 Å². The first-order valence-corrected chi connectivity index (χ1v) is 8.10. The molecule has 1 amide bonds. The monoisotopic (exact) mass is 323 g/mol. The predicted molar refractivity (Wildman–Crippen MR) is 94.0 cm³/mol. The summed E-state index contributed by atoms with van der Waals surface area (Å²) in [6, 6.07) is 13.8. The van der Waals surface area contributed by atoms with Gasteiger partial charge in [-0.15, -0.1) is 5.10 Å². The van der Waals surface area contributed by atoms with Gasteiger partial charge in [-0.05, 0) is 55.6 Å². The summed E-state index contributed by atoms with van der Waals surface area (Å²) in [6.45, 7) is 6.09. The molecule has 4 nitrogen and oxygen atoms in total. The van der Waals surface area contributed by atoms with Crippen LogP contribution in [-0.4, -0.2) is 15.5 Å². The van der Waals surface area contributed by atoms with Crippen LogP contribution in [0.25, 0.3) is 11.3 Å². The zero-order valence-electron chi connectivity index (χ0n) is 13.3. The molecule has 0 spiro atoms. The number of nitrogens with zero attached hydrogens (tertiary/aromatic N) is 2. The van der Waals surface area contributed by atoms with Crippen LogP contribution in [0, 0.1) is 20.8 Å². The van der Waals surface area contributed by atoms with Gasteiger partial charge in [-0.25, -0.2) is 0 Å². The van der Waals surface area contributed by atoms with Gasteiger partial charge in [-0.1, -0.05) is 40.4 Å². The van der Waals surface area contributed by atoms with Crippen molar-refractivity contribution in [2.75, 3.05) is 5.32 Å². The summed E-state index contributed by atoms with van der Waals surface area (Å²) in [6.07, 6.45) is 0. The number of aryl methyl sites for hydroxylation is 3. The van der Waals surface area contributed by atoms with Gasteiger partial charge in [0.15, 0.2) is 0 Å². The molecule has 3 rings (SSSR count). The molecule has 0 fully saturated rings. The number of benzene rings is 2. The quantitative estimate of drug-likeness (QED) is 0.778. The normalized spacial score (nSPS) is 10.6. The summed E-state index contributed by atoms with van der Waals surface area (Å²) >= 11 is 1.11. The Morgan fingerprint density at radius 3 is 2.43 bits per heavy atom. The van der Waals surface area contributed by atoms with Gasteiger partial charge < -0.3 is 5.32 Å². The Balaban J connectivity index is 1.87. The third kappa shape index (κ3) is 3.29. The molecule has 0 unspecified atom stereocenters. The topological polar surface area (TPSA) is 54.9 Å². The number of aromatic nitrogens is 2. The minimum Gasteiger partial charge on any atom is -0.321 e. The number of rotatable bonds is 3. The Labute approximate surface area is 139 Å². The molecular formula is C18H17N3OS. The maximum Gasteiger partial charge on any atom is 0.269 e. The van der Waals surface area contributed by atoms with Gasteiger partial charge in [0, 0.05) is 11.3 Å². The van der Waals surface area contributed by atoms with Gasteiger partial charge in [0.05, 0.1) is 0 Å². The minimum atomic E-state index is -0.182. The van der Waals surface area contributed by atoms with Crippen molar-refractivity contribution in [2.45, 2.75) is 20.8 Å². The van der Waals surface area contributed by atoms with E-state index in [-0.39, 0.29) is 5.91 Å². The maximum absolute atomic E-state index is 12.6. The highest BCUT2D eigenvalue weighted by atomic mass is 32.1. The molecule has 116 valence electrons. The van der Waals surface area contributed by atoms with Crippen molar-refractivity contribution in [1.29, 1.82) is 0 Å². The predicted octanol–water partition coefficient (Wildman–Crippen LogP) is 4.38. The van der Waals surface area contributed by atoms with Crippen molar-refractivity contribution in [1.82, 2.24) is 9.59 Å². The SMILES string of the molecule is Cc1ccc(-c2nnsc2C(=O)Nc2ccc(C)c(C)c2)cc1. The number of carbonyl (C=O) groups is 1. The van der Waals surface area contributed by atoms with E-state index in [1.807, 2.05) is 63.2 Å². The largest absolute Gasteiger partial charge is 0.321 e. The Bertz CT molecular complexity index is 853. The second-order valence-corrected chi connectivity index (χ2v) is 6.32.